The Morgan fingerprint density at radius 2 is 1.68 bits per heavy atom. The fourth-order valence-corrected chi connectivity index (χ4v) is 2.28. The van der Waals surface area contributed by atoms with E-state index in [9.17, 15) is 9.90 Å². The Morgan fingerprint density at radius 3 is 2.47 bits per heavy atom. The largest absolute Gasteiger partial charge is 0.494 e. The molecule has 2 aromatic carbocycles. The van der Waals surface area contributed by atoms with Gasteiger partial charge in [-0.3, -0.25) is 4.79 Å². The van der Waals surface area contributed by atoms with E-state index in [2.05, 4.69) is 4.98 Å². The zero-order valence-electron chi connectivity index (χ0n) is 10.3. The van der Waals surface area contributed by atoms with Crippen molar-refractivity contribution >= 4 is 16.7 Å². The van der Waals surface area contributed by atoms with E-state index in [1.807, 2.05) is 54.6 Å². The molecule has 0 saturated carbocycles. The monoisotopic (exact) mass is 251 g/mol. The van der Waals surface area contributed by atoms with Gasteiger partial charge in [0.2, 0.25) is 5.88 Å². The maximum atomic E-state index is 12.3. The number of hydrogen-bond donors (Lipinski definition) is 2. The summed E-state index contributed by atoms with van der Waals surface area (Å²) in [6.07, 6.45) is 0.288. The van der Waals surface area contributed by atoms with Gasteiger partial charge in [0.15, 0.2) is 5.78 Å². The average Bonchev–Trinajstić information content (AvgIpc) is 2.75. The summed E-state index contributed by atoms with van der Waals surface area (Å²) in [7, 11) is 0. The van der Waals surface area contributed by atoms with Crippen LogP contribution < -0.4 is 0 Å². The van der Waals surface area contributed by atoms with Gasteiger partial charge in [0.05, 0.1) is 5.56 Å². The van der Waals surface area contributed by atoms with Crippen LogP contribution >= 0.6 is 0 Å². The molecule has 0 aliphatic carbocycles. The van der Waals surface area contributed by atoms with Crippen LogP contribution in [0.15, 0.2) is 54.6 Å². The van der Waals surface area contributed by atoms with Gasteiger partial charge < -0.3 is 10.1 Å². The molecule has 1 aromatic heterocycles. The second-order valence-corrected chi connectivity index (χ2v) is 4.48. The molecule has 19 heavy (non-hydrogen) atoms. The van der Waals surface area contributed by atoms with Gasteiger partial charge in [-0.25, -0.2) is 0 Å². The molecular formula is C16H13NO2. The number of carbonyl (C=O) groups excluding carboxylic acids is 1. The summed E-state index contributed by atoms with van der Waals surface area (Å²) in [5, 5.41) is 10.7. The molecule has 0 aliphatic rings. The van der Waals surface area contributed by atoms with Crippen molar-refractivity contribution in [1.82, 2.24) is 4.98 Å². The Bertz CT molecular complexity index is 729. The van der Waals surface area contributed by atoms with E-state index >= 15 is 0 Å². The molecule has 0 aliphatic heterocycles. The SMILES string of the molecule is O=C(Cc1ccccc1)c1c(O)[nH]c2ccccc12. The Hall–Kier alpha value is -2.55. The molecule has 3 nitrogen and oxygen atoms in total. The van der Waals surface area contributed by atoms with E-state index in [1.165, 1.54) is 0 Å². The third kappa shape index (κ3) is 2.10. The van der Waals surface area contributed by atoms with Crippen LogP contribution in [0, 0.1) is 0 Å². The number of carbonyl (C=O) groups is 1. The molecule has 0 fully saturated rings. The highest BCUT2D eigenvalue weighted by atomic mass is 16.3. The van der Waals surface area contributed by atoms with Crippen molar-refractivity contribution in [2.45, 2.75) is 6.42 Å². The van der Waals surface area contributed by atoms with Crippen LogP contribution in [-0.2, 0) is 6.42 Å². The number of H-pyrrole nitrogens is 1. The van der Waals surface area contributed by atoms with E-state index < -0.39 is 0 Å². The van der Waals surface area contributed by atoms with Gasteiger partial charge >= 0.3 is 0 Å². The number of aromatic amines is 1. The maximum absolute atomic E-state index is 12.3. The third-order valence-electron chi connectivity index (χ3n) is 3.17. The lowest BCUT2D eigenvalue weighted by Crippen LogP contribution is -2.02. The number of rotatable bonds is 3. The second-order valence-electron chi connectivity index (χ2n) is 4.48. The molecule has 0 atom stereocenters. The molecule has 2 N–H and O–H groups in total. The van der Waals surface area contributed by atoms with Gasteiger partial charge in [0.25, 0.3) is 0 Å². The number of hydrogen-bond acceptors (Lipinski definition) is 2. The number of aromatic nitrogens is 1. The molecule has 3 rings (SSSR count). The smallest absolute Gasteiger partial charge is 0.200 e. The lowest BCUT2D eigenvalue weighted by Gasteiger charge is -2.01. The van der Waals surface area contributed by atoms with Crippen molar-refractivity contribution in [2.24, 2.45) is 0 Å². The minimum absolute atomic E-state index is 0.0536. The summed E-state index contributed by atoms with van der Waals surface area (Å²) in [4.78, 5) is 15.2. The molecule has 0 amide bonds. The molecule has 1 heterocycles. The zero-order valence-corrected chi connectivity index (χ0v) is 10.3. The summed E-state index contributed by atoms with van der Waals surface area (Å²) < 4.78 is 0. The van der Waals surface area contributed by atoms with Crippen LogP contribution in [0.2, 0.25) is 0 Å². The Kier molecular flexibility index (Phi) is 2.80. The van der Waals surface area contributed by atoms with Crippen LogP contribution in [0.4, 0.5) is 0 Å². The van der Waals surface area contributed by atoms with Crippen molar-refractivity contribution in [2.75, 3.05) is 0 Å². The summed E-state index contributed by atoms with van der Waals surface area (Å²) in [5.41, 5.74) is 2.09. The fraction of sp³-hybridized carbons (Fsp3) is 0.0625. The van der Waals surface area contributed by atoms with Gasteiger partial charge in [-0.2, -0.15) is 0 Å². The first-order valence-electron chi connectivity index (χ1n) is 6.12. The summed E-state index contributed by atoms with van der Waals surface area (Å²) in [6, 6.07) is 16.9. The maximum Gasteiger partial charge on any atom is 0.200 e. The summed E-state index contributed by atoms with van der Waals surface area (Å²) in [6.45, 7) is 0. The van der Waals surface area contributed by atoms with Crippen LogP contribution in [-0.4, -0.2) is 15.9 Å². The van der Waals surface area contributed by atoms with Crippen molar-refractivity contribution in [3.05, 3.63) is 65.7 Å². The van der Waals surface area contributed by atoms with Gasteiger partial charge in [0.1, 0.15) is 0 Å². The number of nitrogens with one attached hydrogen (secondary N) is 1. The Balaban J connectivity index is 2.00. The minimum atomic E-state index is -0.0823. The first-order chi connectivity index (χ1) is 9.25. The third-order valence-corrected chi connectivity index (χ3v) is 3.17. The van der Waals surface area contributed by atoms with E-state index in [0.29, 0.717) is 5.56 Å². The second kappa shape index (κ2) is 4.61. The van der Waals surface area contributed by atoms with Crippen molar-refractivity contribution < 1.29 is 9.90 Å². The Morgan fingerprint density at radius 1 is 1.00 bits per heavy atom. The van der Waals surface area contributed by atoms with Crippen LogP contribution in [0.1, 0.15) is 15.9 Å². The number of para-hydroxylation sites is 1. The average molecular weight is 251 g/mol. The topological polar surface area (TPSA) is 53.1 Å². The van der Waals surface area contributed by atoms with E-state index in [-0.39, 0.29) is 18.1 Å². The van der Waals surface area contributed by atoms with Gasteiger partial charge in [-0.15, -0.1) is 0 Å². The molecule has 0 bridgehead atoms. The van der Waals surface area contributed by atoms with E-state index in [0.717, 1.165) is 16.5 Å². The van der Waals surface area contributed by atoms with E-state index in [1.54, 1.807) is 0 Å². The molecule has 0 radical (unpaired) electrons. The number of fused-ring (bicyclic) bond motifs is 1. The first kappa shape index (κ1) is 11.5. The Labute approximate surface area is 110 Å². The number of aromatic hydroxyl groups is 1. The highest BCUT2D eigenvalue weighted by Crippen LogP contribution is 2.28. The molecule has 0 unspecified atom stereocenters. The van der Waals surface area contributed by atoms with Crippen molar-refractivity contribution in [3.8, 4) is 5.88 Å². The van der Waals surface area contributed by atoms with Crippen LogP contribution in [0.5, 0.6) is 5.88 Å². The van der Waals surface area contributed by atoms with Gasteiger partial charge in [-0.1, -0.05) is 48.5 Å². The normalized spacial score (nSPS) is 10.7. The van der Waals surface area contributed by atoms with Crippen molar-refractivity contribution in [3.63, 3.8) is 0 Å². The predicted molar refractivity (Wildman–Crippen MR) is 74.4 cm³/mol. The quantitative estimate of drug-likeness (QED) is 0.702. The molecule has 0 saturated heterocycles. The fourth-order valence-electron chi connectivity index (χ4n) is 2.28. The lowest BCUT2D eigenvalue weighted by atomic mass is 10.0. The lowest BCUT2D eigenvalue weighted by molar-refractivity contribution is 0.0992. The zero-order chi connectivity index (χ0) is 13.2. The standard InChI is InChI=1S/C16H13NO2/c18-14(10-11-6-2-1-3-7-11)15-12-8-4-5-9-13(12)17-16(15)19/h1-9,17,19H,10H2. The molecule has 0 spiro atoms. The first-order valence-corrected chi connectivity index (χ1v) is 6.12. The summed E-state index contributed by atoms with van der Waals surface area (Å²) >= 11 is 0. The number of Topliss-reactive ketones (excluding diaryl/α,β-unsaturated/α-hetero) is 1. The molecule has 94 valence electrons. The predicted octanol–water partition coefficient (Wildman–Crippen LogP) is 3.30. The molecular weight excluding hydrogens is 238 g/mol. The van der Waals surface area contributed by atoms with E-state index in [4.69, 9.17) is 0 Å². The van der Waals surface area contributed by atoms with Crippen LogP contribution in [0.3, 0.4) is 0 Å². The van der Waals surface area contributed by atoms with Crippen molar-refractivity contribution in [1.29, 1.82) is 0 Å². The van der Waals surface area contributed by atoms with Gasteiger partial charge in [0, 0.05) is 17.3 Å². The highest BCUT2D eigenvalue weighted by molar-refractivity contribution is 6.10. The minimum Gasteiger partial charge on any atom is -0.494 e. The van der Waals surface area contributed by atoms with Gasteiger partial charge in [-0.05, 0) is 11.6 Å². The highest BCUT2D eigenvalue weighted by Gasteiger charge is 2.17. The molecule has 3 aromatic rings. The number of benzene rings is 2. The van der Waals surface area contributed by atoms with Crippen LogP contribution in [0.25, 0.3) is 10.9 Å². The summed E-state index contributed by atoms with van der Waals surface area (Å²) in [5.74, 6) is -0.136. The number of ketones is 1. The molecule has 3 heteroatoms.